The van der Waals surface area contributed by atoms with Crippen LogP contribution in [0.1, 0.15) is 5.56 Å². The third-order valence-corrected chi connectivity index (χ3v) is 3.54. The van der Waals surface area contributed by atoms with Crippen molar-refractivity contribution in [2.24, 2.45) is 5.73 Å². The summed E-state index contributed by atoms with van der Waals surface area (Å²) in [5, 5.41) is 1.02. The molecular formula is C16H14N4S. The molecule has 2 aromatic heterocycles. The molecule has 0 radical (unpaired) electrons. The summed E-state index contributed by atoms with van der Waals surface area (Å²) in [6.07, 6.45) is 3.51. The highest BCUT2D eigenvalue weighted by molar-refractivity contribution is 7.80. The maximum Gasteiger partial charge on any atom is 0.143 e. The Labute approximate surface area is 128 Å². The first-order chi connectivity index (χ1) is 10.2. The van der Waals surface area contributed by atoms with E-state index in [-0.39, 0.29) is 0 Å². The van der Waals surface area contributed by atoms with Crippen molar-refractivity contribution in [1.29, 1.82) is 0 Å². The molecule has 0 saturated heterocycles. The molecule has 104 valence electrons. The maximum absolute atomic E-state index is 5.87. The van der Waals surface area contributed by atoms with E-state index in [9.17, 15) is 0 Å². The average molecular weight is 294 g/mol. The molecule has 0 atom stereocenters. The Bertz CT molecular complexity index is 802. The number of hydrogen-bond acceptors (Lipinski definition) is 4. The lowest BCUT2D eigenvalue weighted by atomic mass is 10.1. The van der Waals surface area contributed by atoms with Crippen LogP contribution in [0.4, 0.5) is 11.5 Å². The number of hydrogen-bond donors (Lipinski definition) is 1. The molecule has 2 N–H and O–H groups in total. The zero-order valence-electron chi connectivity index (χ0n) is 11.5. The second-order valence-electron chi connectivity index (χ2n) is 4.69. The summed E-state index contributed by atoms with van der Waals surface area (Å²) < 4.78 is 0. The summed E-state index contributed by atoms with van der Waals surface area (Å²) in [5.74, 6) is 0.731. The van der Waals surface area contributed by atoms with Crippen LogP contribution in [0.5, 0.6) is 0 Å². The smallest absolute Gasteiger partial charge is 0.143 e. The minimum atomic E-state index is 0.332. The van der Waals surface area contributed by atoms with Gasteiger partial charge in [0.05, 0.1) is 23.0 Å². The molecule has 4 nitrogen and oxygen atoms in total. The molecule has 0 spiro atoms. The molecule has 0 fully saturated rings. The number of pyridine rings is 2. The normalized spacial score (nSPS) is 10.5. The van der Waals surface area contributed by atoms with Gasteiger partial charge in [-0.25, -0.2) is 4.98 Å². The zero-order valence-corrected chi connectivity index (χ0v) is 12.3. The van der Waals surface area contributed by atoms with Crippen molar-refractivity contribution in [3.8, 4) is 0 Å². The lowest BCUT2D eigenvalue weighted by molar-refractivity contribution is 1.12. The number of anilines is 2. The van der Waals surface area contributed by atoms with E-state index in [1.165, 1.54) is 0 Å². The fraction of sp³-hybridized carbons (Fsp3) is 0.0625. The van der Waals surface area contributed by atoms with Crippen molar-refractivity contribution in [3.05, 3.63) is 60.4 Å². The monoisotopic (exact) mass is 294 g/mol. The predicted octanol–water partition coefficient (Wildman–Crippen LogP) is 3.03. The Balaban J connectivity index is 2.20. The summed E-state index contributed by atoms with van der Waals surface area (Å²) in [5.41, 5.74) is 8.46. The lowest BCUT2D eigenvalue weighted by Gasteiger charge is -2.21. The largest absolute Gasteiger partial charge is 0.389 e. The standard InChI is InChI=1S/C16H14N4S/c1-20(12-6-4-8-18-10-12)16-13(15(17)21)9-11-5-2-3-7-14(11)19-16/h2-10H,1H3,(H2,17,21). The van der Waals surface area contributed by atoms with Crippen LogP contribution in [0.15, 0.2) is 54.9 Å². The second kappa shape index (κ2) is 5.46. The van der Waals surface area contributed by atoms with E-state index in [2.05, 4.69) is 4.98 Å². The van der Waals surface area contributed by atoms with Crippen molar-refractivity contribution in [1.82, 2.24) is 9.97 Å². The third kappa shape index (κ3) is 2.55. The third-order valence-electron chi connectivity index (χ3n) is 3.32. The molecule has 3 rings (SSSR count). The summed E-state index contributed by atoms with van der Waals surface area (Å²) in [7, 11) is 1.93. The van der Waals surface area contributed by atoms with Crippen LogP contribution in [0, 0.1) is 0 Å². The molecule has 0 unspecified atom stereocenters. The summed E-state index contributed by atoms with van der Waals surface area (Å²) in [6, 6.07) is 13.7. The predicted molar refractivity (Wildman–Crippen MR) is 89.9 cm³/mol. The molecule has 0 bridgehead atoms. The Morgan fingerprint density at radius 3 is 2.71 bits per heavy atom. The first-order valence-electron chi connectivity index (χ1n) is 6.50. The van der Waals surface area contributed by atoms with Gasteiger partial charge >= 0.3 is 0 Å². The van der Waals surface area contributed by atoms with E-state index in [0.29, 0.717) is 4.99 Å². The highest BCUT2D eigenvalue weighted by Crippen LogP contribution is 2.27. The van der Waals surface area contributed by atoms with Crippen LogP contribution >= 0.6 is 12.2 Å². The van der Waals surface area contributed by atoms with Crippen molar-refractivity contribution < 1.29 is 0 Å². The number of aromatic nitrogens is 2. The molecule has 0 aliphatic rings. The van der Waals surface area contributed by atoms with Gasteiger partial charge in [-0.2, -0.15) is 0 Å². The lowest BCUT2D eigenvalue weighted by Crippen LogP contribution is -2.19. The van der Waals surface area contributed by atoms with Gasteiger partial charge in [0.2, 0.25) is 0 Å². The summed E-state index contributed by atoms with van der Waals surface area (Å²) in [4.78, 5) is 11.1. The number of thiocarbonyl (C=S) groups is 1. The first-order valence-corrected chi connectivity index (χ1v) is 6.91. The SMILES string of the molecule is CN(c1cccnc1)c1nc2ccccc2cc1C(N)=S. The van der Waals surface area contributed by atoms with Gasteiger partial charge in [0.1, 0.15) is 10.8 Å². The molecular weight excluding hydrogens is 280 g/mol. The number of fused-ring (bicyclic) bond motifs is 1. The quantitative estimate of drug-likeness (QED) is 0.752. The maximum atomic E-state index is 5.87. The molecule has 0 aliphatic carbocycles. The molecule has 0 aliphatic heterocycles. The van der Waals surface area contributed by atoms with Crippen LogP contribution in [-0.4, -0.2) is 22.0 Å². The van der Waals surface area contributed by atoms with Crippen molar-refractivity contribution >= 4 is 39.6 Å². The molecule has 21 heavy (non-hydrogen) atoms. The highest BCUT2D eigenvalue weighted by atomic mass is 32.1. The molecule has 1 aromatic carbocycles. The first kappa shape index (κ1) is 13.5. The van der Waals surface area contributed by atoms with Gasteiger partial charge in [0, 0.05) is 18.6 Å². The Morgan fingerprint density at radius 2 is 2.00 bits per heavy atom. The number of para-hydroxylation sites is 1. The molecule has 0 saturated carbocycles. The Morgan fingerprint density at radius 1 is 1.19 bits per heavy atom. The topological polar surface area (TPSA) is 55.0 Å². The Kier molecular flexibility index (Phi) is 3.50. The van der Waals surface area contributed by atoms with E-state index in [4.69, 9.17) is 22.9 Å². The number of rotatable bonds is 3. The van der Waals surface area contributed by atoms with Crippen LogP contribution in [0.25, 0.3) is 10.9 Å². The molecule has 0 amide bonds. The fourth-order valence-electron chi connectivity index (χ4n) is 2.22. The molecule has 2 heterocycles. The van der Waals surface area contributed by atoms with E-state index < -0.39 is 0 Å². The van der Waals surface area contributed by atoms with Crippen LogP contribution in [0.2, 0.25) is 0 Å². The Hall–Kier alpha value is -2.53. The zero-order chi connectivity index (χ0) is 14.8. The van der Waals surface area contributed by atoms with Crippen LogP contribution in [0.3, 0.4) is 0 Å². The van der Waals surface area contributed by atoms with Gasteiger partial charge in [-0.3, -0.25) is 4.98 Å². The minimum Gasteiger partial charge on any atom is -0.389 e. The summed E-state index contributed by atoms with van der Waals surface area (Å²) >= 11 is 5.18. The average Bonchev–Trinajstić information content (AvgIpc) is 2.53. The van der Waals surface area contributed by atoms with E-state index in [1.54, 1.807) is 12.4 Å². The highest BCUT2D eigenvalue weighted by Gasteiger charge is 2.14. The van der Waals surface area contributed by atoms with Crippen molar-refractivity contribution in [2.75, 3.05) is 11.9 Å². The van der Waals surface area contributed by atoms with Gasteiger partial charge in [-0.15, -0.1) is 0 Å². The van der Waals surface area contributed by atoms with Crippen molar-refractivity contribution in [3.63, 3.8) is 0 Å². The second-order valence-corrected chi connectivity index (χ2v) is 5.13. The number of nitrogens with zero attached hydrogens (tertiary/aromatic N) is 3. The van der Waals surface area contributed by atoms with Gasteiger partial charge in [0.25, 0.3) is 0 Å². The summed E-state index contributed by atoms with van der Waals surface area (Å²) in [6.45, 7) is 0. The van der Waals surface area contributed by atoms with E-state index in [1.807, 2.05) is 54.4 Å². The van der Waals surface area contributed by atoms with Crippen LogP contribution < -0.4 is 10.6 Å². The van der Waals surface area contributed by atoms with Gasteiger partial charge in [-0.1, -0.05) is 30.4 Å². The molecule has 3 aromatic rings. The molecule has 5 heteroatoms. The van der Waals surface area contributed by atoms with Gasteiger partial charge < -0.3 is 10.6 Å². The number of benzene rings is 1. The van der Waals surface area contributed by atoms with Gasteiger partial charge in [-0.05, 0) is 24.3 Å². The number of nitrogens with two attached hydrogens (primary N) is 1. The fourth-order valence-corrected chi connectivity index (χ4v) is 2.37. The van der Waals surface area contributed by atoms with E-state index >= 15 is 0 Å². The van der Waals surface area contributed by atoms with Crippen molar-refractivity contribution in [2.45, 2.75) is 0 Å². The van der Waals surface area contributed by atoms with E-state index in [0.717, 1.165) is 28.0 Å². The van der Waals surface area contributed by atoms with Gasteiger partial charge in [0.15, 0.2) is 0 Å². The minimum absolute atomic E-state index is 0.332. The van der Waals surface area contributed by atoms with Crippen LogP contribution in [-0.2, 0) is 0 Å².